The highest BCUT2D eigenvalue weighted by Crippen LogP contribution is 2.28. The van der Waals surface area contributed by atoms with Gasteiger partial charge in [-0.2, -0.15) is 0 Å². The molecular formula is C23H26N4O2. The molecule has 2 atom stereocenters. The van der Waals surface area contributed by atoms with Crippen LogP contribution < -0.4 is 10.5 Å². The molecule has 6 nitrogen and oxygen atoms in total. The van der Waals surface area contributed by atoms with E-state index < -0.39 is 0 Å². The minimum Gasteiger partial charge on any atom is -0.422 e. The van der Waals surface area contributed by atoms with Crippen molar-refractivity contribution in [2.24, 2.45) is 0 Å². The molecule has 0 N–H and O–H groups in total. The molecular weight excluding hydrogens is 364 g/mol. The van der Waals surface area contributed by atoms with E-state index in [2.05, 4.69) is 52.4 Å². The fraction of sp³-hybridized carbons (Fsp3) is 0.391. The van der Waals surface area contributed by atoms with Crippen LogP contribution in [0.5, 0.6) is 0 Å². The first kappa shape index (κ1) is 18.2. The average Bonchev–Trinajstić information content (AvgIpc) is 3.14. The maximum atomic E-state index is 12.7. The summed E-state index contributed by atoms with van der Waals surface area (Å²) >= 11 is 0. The van der Waals surface area contributed by atoms with Crippen molar-refractivity contribution in [3.05, 3.63) is 52.8 Å². The number of nitrogens with zero attached hydrogens (tertiary/aromatic N) is 4. The van der Waals surface area contributed by atoms with Crippen molar-refractivity contribution in [2.75, 3.05) is 25.0 Å². The number of anilines is 1. The normalized spacial score (nSPS) is 22.2. The number of fused-ring (bicyclic) bond motifs is 2. The monoisotopic (exact) mass is 390 g/mol. The van der Waals surface area contributed by atoms with E-state index in [9.17, 15) is 4.79 Å². The topological polar surface area (TPSA) is 54.5 Å². The van der Waals surface area contributed by atoms with E-state index in [1.807, 2.05) is 30.5 Å². The molecule has 1 fully saturated rings. The predicted molar refractivity (Wildman–Crippen MR) is 116 cm³/mol. The van der Waals surface area contributed by atoms with Gasteiger partial charge in [0.05, 0.1) is 11.3 Å². The van der Waals surface area contributed by atoms with Gasteiger partial charge in [0.15, 0.2) is 0 Å². The van der Waals surface area contributed by atoms with Crippen LogP contribution >= 0.6 is 0 Å². The minimum absolute atomic E-state index is 0.339. The zero-order chi connectivity index (χ0) is 20.1. The smallest absolute Gasteiger partial charge is 0.345 e. The molecule has 0 saturated carbocycles. The van der Waals surface area contributed by atoms with Crippen molar-refractivity contribution in [3.63, 3.8) is 0 Å². The number of aryl methyl sites for hydroxylation is 1. The van der Waals surface area contributed by atoms with Crippen LogP contribution in [0.15, 0.2) is 45.8 Å². The summed E-state index contributed by atoms with van der Waals surface area (Å²) in [6.45, 7) is 7.30. The first-order chi connectivity index (χ1) is 14.0. The minimum atomic E-state index is -0.339. The molecule has 5 rings (SSSR count). The van der Waals surface area contributed by atoms with E-state index in [0.29, 0.717) is 28.9 Å². The van der Waals surface area contributed by atoms with Crippen LogP contribution in [0.25, 0.3) is 28.3 Å². The summed E-state index contributed by atoms with van der Waals surface area (Å²) in [4.78, 5) is 22.1. The van der Waals surface area contributed by atoms with E-state index in [0.717, 1.165) is 43.0 Å². The third-order valence-electron chi connectivity index (χ3n) is 6.33. The zero-order valence-corrected chi connectivity index (χ0v) is 17.1. The van der Waals surface area contributed by atoms with Gasteiger partial charge in [-0.05, 0) is 51.6 Å². The second-order valence-electron chi connectivity index (χ2n) is 8.31. The lowest BCUT2D eigenvalue weighted by Gasteiger charge is -2.43. The van der Waals surface area contributed by atoms with Gasteiger partial charge in [-0.1, -0.05) is 6.08 Å². The SMILES string of the molecule is CC1CN(c2ccc3cc(-c4cn5c(n4)C=CCC5)c(=O)oc3c2)CC(C)N1C. The van der Waals surface area contributed by atoms with Gasteiger partial charge in [-0.15, -0.1) is 0 Å². The number of rotatable bonds is 2. The Bertz CT molecular complexity index is 1150. The van der Waals surface area contributed by atoms with Gasteiger partial charge in [0.2, 0.25) is 0 Å². The molecule has 29 heavy (non-hydrogen) atoms. The van der Waals surface area contributed by atoms with Gasteiger partial charge in [-0.3, -0.25) is 4.90 Å². The molecule has 6 heteroatoms. The summed E-state index contributed by atoms with van der Waals surface area (Å²) in [5.74, 6) is 0.888. The van der Waals surface area contributed by atoms with Crippen molar-refractivity contribution in [1.29, 1.82) is 0 Å². The highest BCUT2D eigenvalue weighted by atomic mass is 16.4. The molecule has 4 heterocycles. The Morgan fingerprint density at radius 1 is 1.14 bits per heavy atom. The molecule has 0 aliphatic carbocycles. The summed E-state index contributed by atoms with van der Waals surface area (Å²) in [5, 5.41) is 0.917. The highest BCUT2D eigenvalue weighted by molar-refractivity contribution is 5.84. The van der Waals surface area contributed by atoms with Gasteiger partial charge in [0.1, 0.15) is 11.4 Å². The van der Waals surface area contributed by atoms with Crippen molar-refractivity contribution in [2.45, 2.75) is 38.9 Å². The number of likely N-dealkylation sites (N-methyl/N-ethyl adjacent to an activating group) is 1. The number of aromatic nitrogens is 2. The van der Waals surface area contributed by atoms with Crippen molar-refractivity contribution in [1.82, 2.24) is 14.5 Å². The number of hydrogen-bond donors (Lipinski definition) is 0. The largest absolute Gasteiger partial charge is 0.422 e. The Morgan fingerprint density at radius 2 is 1.93 bits per heavy atom. The Labute approximate surface area is 170 Å². The average molecular weight is 390 g/mol. The fourth-order valence-corrected chi connectivity index (χ4v) is 4.36. The number of hydrogen-bond acceptors (Lipinski definition) is 5. The van der Waals surface area contributed by atoms with E-state index in [4.69, 9.17) is 4.42 Å². The van der Waals surface area contributed by atoms with Crippen LogP contribution in [-0.4, -0.2) is 46.7 Å². The molecule has 3 aromatic rings. The second kappa shape index (κ2) is 6.88. The van der Waals surface area contributed by atoms with Gasteiger partial charge in [0, 0.05) is 55.1 Å². The van der Waals surface area contributed by atoms with Crippen molar-refractivity contribution < 1.29 is 4.42 Å². The Morgan fingerprint density at radius 3 is 2.69 bits per heavy atom. The van der Waals surface area contributed by atoms with Crippen LogP contribution in [0.3, 0.4) is 0 Å². The number of allylic oxidation sites excluding steroid dienone is 1. The molecule has 0 spiro atoms. The quantitative estimate of drug-likeness (QED) is 0.626. The van der Waals surface area contributed by atoms with Crippen molar-refractivity contribution >= 4 is 22.7 Å². The highest BCUT2D eigenvalue weighted by Gasteiger charge is 2.27. The molecule has 0 amide bonds. The molecule has 2 unspecified atom stereocenters. The van der Waals surface area contributed by atoms with Gasteiger partial charge in [-0.25, -0.2) is 9.78 Å². The summed E-state index contributed by atoms with van der Waals surface area (Å²) in [5.41, 5.74) is 2.58. The molecule has 2 aliphatic heterocycles. The first-order valence-corrected chi connectivity index (χ1v) is 10.3. The predicted octanol–water partition coefficient (Wildman–Crippen LogP) is 3.60. The number of benzene rings is 1. The molecule has 150 valence electrons. The van der Waals surface area contributed by atoms with Gasteiger partial charge in [0.25, 0.3) is 0 Å². The van der Waals surface area contributed by atoms with Crippen LogP contribution in [0.2, 0.25) is 0 Å². The van der Waals surface area contributed by atoms with Crippen molar-refractivity contribution in [3.8, 4) is 11.3 Å². The van der Waals surface area contributed by atoms with Gasteiger partial charge >= 0.3 is 5.63 Å². The molecule has 2 aliphatic rings. The summed E-state index contributed by atoms with van der Waals surface area (Å²) in [6, 6.07) is 9.01. The second-order valence-corrected chi connectivity index (χ2v) is 8.31. The van der Waals surface area contributed by atoms with E-state index in [1.54, 1.807) is 0 Å². The summed E-state index contributed by atoms with van der Waals surface area (Å²) in [6.07, 6.45) is 7.04. The lowest BCUT2D eigenvalue weighted by Crippen LogP contribution is -2.55. The number of piperazine rings is 1. The van der Waals surface area contributed by atoms with E-state index >= 15 is 0 Å². The maximum absolute atomic E-state index is 12.7. The molecule has 0 radical (unpaired) electrons. The Hall–Kier alpha value is -2.86. The maximum Gasteiger partial charge on any atom is 0.345 e. The fourth-order valence-electron chi connectivity index (χ4n) is 4.36. The summed E-state index contributed by atoms with van der Waals surface area (Å²) < 4.78 is 7.81. The zero-order valence-electron chi connectivity index (χ0n) is 17.1. The summed E-state index contributed by atoms with van der Waals surface area (Å²) in [7, 11) is 2.18. The lowest BCUT2D eigenvalue weighted by atomic mass is 10.1. The molecule has 1 aromatic carbocycles. The van der Waals surface area contributed by atoms with Crippen LogP contribution in [0.4, 0.5) is 5.69 Å². The van der Waals surface area contributed by atoms with Crippen LogP contribution in [-0.2, 0) is 6.54 Å². The third kappa shape index (κ3) is 3.17. The van der Waals surface area contributed by atoms with Crippen LogP contribution in [0.1, 0.15) is 26.1 Å². The Balaban J connectivity index is 1.51. The van der Waals surface area contributed by atoms with E-state index in [1.165, 1.54) is 0 Å². The molecule has 2 aromatic heterocycles. The van der Waals surface area contributed by atoms with E-state index in [-0.39, 0.29) is 5.63 Å². The molecule has 1 saturated heterocycles. The third-order valence-corrected chi connectivity index (χ3v) is 6.33. The van der Waals surface area contributed by atoms with Crippen LogP contribution in [0, 0.1) is 0 Å². The number of imidazole rings is 1. The standard InChI is InChI=1S/C23H26N4O2/c1-15-12-27(13-16(2)25(15)3)18-8-7-17-10-19(23(28)29-21(17)11-18)20-14-26-9-5-4-6-22(26)24-20/h4,6-8,10-11,14-16H,5,9,12-13H2,1-3H3. The first-order valence-electron chi connectivity index (χ1n) is 10.3. The molecule has 0 bridgehead atoms. The lowest BCUT2D eigenvalue weighted by molar-refractivity contribution is 0.170. The van der Waals surface area contributed by atoms with Gasteiger partial charge < -0.3 is 13.9 Å². The Kier molecular flexibility index (Phi) is 4.32.